The van der Waals surface area contributed by atoms with E-state index in [2.05, 4.69) is 29.2 Å². The molecular weight excluding hydrogens is 272 g/mol. The van der Waals surface area contributed by atoms with Crippen LogP contribution in [0.1, 0.15) is 30.9 Å². The summed E-state index contributed by atoms with van der Waals surface area (Å²) in [5.41, 5.74) is 3.02. The van der Waals surface area contributed by atoms with E-state index in [0.717, 1.165) is 30.2 Å². The van der Waals surface area contributed by atoms with E-state index in [-0.39, 0.29) is 0 Å². The van der Waals surface area contributed by atoms with E-state index in [1.54, 1.807) is 6.20 Å². The number of rotatable bonds is 6. The predicted octanol–water partition coefficient (Wildman–Crippen LogP) is 3.03. The average Bonchev–Trinajstić information content (AvgIpc) is 2.71. The maximum atomic E-state index is 6.01. The summed E-state index contributed by atoms with van der Waals surface area (Å²) in [6.45, 7) is 8.80. The van der Waals surface area contributed by atoms with Crippen LogP contribution in [0.4, 0.5) is 0 Å². The van der Waals surface area contributed by atoms with E-state index in [0.29, 0.717) is 17.5 Å². The molecule has 20 heavy (non-hydrogen) atoms. The molecule has 0 saturated carbocycles. The number of nitrogens with one attached hydrogen (secondary N) is 1. The first-order chi connectivity index (χ1) is 9.56. The van der Waals surface area contributed by atoms with E-state index < -0.39 is 0 Å². The molecule has 0 bridgehead atoms. The second-order valence-corrected chi connectivity index (χ2v) is 5.79. The number of nitrogens with zero attached hydrogens (tertiary/aromatic N) is 3. The normalized spacial score (nSPS) is 11.2. The number of halogens is 1. The van der Waals surface area contributed by atoms with Crippen molar-refractivity contribution in [1.29, 1.82) is 0 Å². The van der Waals surface area contributed by atoms with Gasteiger partial charge in [0.1, 0.15) is 0 Å². The van der Waals surface area contributed by atoms with Gasteiger partial charge in [0.25, 0.3) is 0 Å². The lowest BCUT2D eigenvalue weighted by Crippen LogP contribution is -2.20. The van der Waals surface area contributed by atoms with Gasteiger partial charge in [-0.25, -0.2) is 0 Å². The molecule has 0 aromatic carbocycles. The van der Waals surface area contributed by atoms with Gasteiger partial charge in [-0.1, -0.05) is 31.5 Å². The molecule has 0 spiro atoms. The van der Waals surface area contributed by atoms with Crippen LogP contribution in [-0.4, -0.2) is 21.3 Å². The number of hydrogen-bond donors (Lipinski definition) is 1. The standard InChI is InChI=1S/C15H21ClN4/c1-11(2)7-17-8-13-5-4-6-14(19-13)10-20-12(3)15(16)9-18-20/h4-6,9,11,17H,7-8,10H2,1-3H3. The van der Waals surface area contributed by atoms with Gasteiger partial charge in [-0.2, -0.15) is 5.10 Å². The predicted molar refractivity (Wildman–Crippen MR) is 81.9 cm³/mol. The van der Waals surface area contributed by atoms with Gasteiger partial charge in [0.2, 0.25) is 0 Å². The molecule has 0 fully saturated rings. The van der Waals surface area contributed by atoms with Crippen molar-refractivity contribution in [3.05, 3.63) is 46.5 Å². The average molecular weight is 293 g/mol. The fourth-order valence-electron chi connectivity index (χ4n) is 1.94. The number of aromatic nitrogens is 3. The van der Waals surface area contributed by atoms with Crippen molar-refractivity contribution in [3.63, 3.8) is 0 Å². The summed E-state index contributed by atoms with van der Waals surface area (Å²) < 4.78 is 1.87. The van der Waals surface area contributed by atoms with Gasteiger partial charge in [0.05, 0.1) is 34.8 Å². The fourth-order valence-corrected chi connectivity index (χ4v) is 2.08. The van der Waals surface area contributed by atoms with Crippen LogP contribution in [0, 0.1) is 12.8 Å². The first-order valence-corrected chi connectivity index (χ1v) is 7.27. The van der Waals surface area contributed by atoms with Crippen LogP contribution >= 0.6 is 11.6 Å². The Labute approximate surface area is 125 Å². The number of hydrogen-bond acceptors (Lipinski definition) is 3. The van der Waals surface area contributed by atoms with Gasteiger partial charge in [-0.3, -0.25) is 9.67 Å². The van der Waals surface area contributed by atoms with E-state index in [9.17, 15) is 0 Å². The molecule has 2 aromatic heterocycles. The minimum atomic E-state index is 0.645. The lowest BCUT2D eigenvalue weighted by Gasteiger charge is -2.09. The molecule has 4 nitrogen and oxygen atoms in total. The quantitative estimate of drug-likeness (QED) is 0.890. The molecule has 0 aliphatic heterocycles. The van der Waals surface area contributed by atoms with Crippen molar-refractivity contribution in [2.75, 3.05) is 6.54 Å². The Morgan fingerprint density at radius 3 is 2.70 bits per heavy atom. The maximum absolute atomic E-state index is 6.01. The third-order valence-electron chi connectivity index (χ3n) is 3.08. The van der Waals surface area contributed by atoms with Crippen molar-refractivity contribution < 1.29 is 0 Å². The second kappa shape index (κ2) is 6.86. The Morgan fingerprint density at radius 2 is 2.05 bits per heavy atom. The van der Waals surface area contributed by atoms with E-state index in [1.807, 2.05) is 29.8 Å². The highest BCUT2D eigenvalue weighted by Gasteiger charge is 2.06. The molecule has 0 saturated heterocycles. The maximum Gasteiger partial charge on any atom is 0.0835 e. The zero-order chi connectivity index (χ0) is 14.5. The number of pyridine rings is 1. The third-order valence-corrected chi connectivity index (χ3v) is 3.45. The topological polar surface area (TPSA) is 42.7 Å². The van der Waals surface area contributed by atoms with Crippen molar-refractivity contribution >= 4 is 11.6 Å². The third kappa shape index (κ3) is 4.05. The van der Waals surface area contributed by atoms with Crippen molar-refractivity contribution in [1.82, 2.24) is 20.1 Å². The lowest BCUT2D eigenvalue weighted by atomic mass is 10.2. The molecule has 0 amide bonds. The van der Waals surface area contributed by atoms with E-state index >= 15 is 0 Å². The highest BCUT2D eigenvalue weighted by Crippen LogP contribution is 2.14. The van der Waals surface area contributed by atoms with Crippen molar-refractivity contribution in [2.45, 2.75) is 33.9 Å². The Balaban J connectivity index is 2.00. The molecule has 5 heteroatoms. The molecule has 2 heterocycles. The Kier molecular flexibility index (Phi) is 5.15. The molecule has 2 rings (SSSR count). The van der Waals surface area contributed by atoms with Gasteiger partial charge in [-0.15, -0.1) is 0 Å². The minimum Gasteiger partial charge on any atom is -0.311 e. The summed E-state index contributed by atoms with van der Waals surface area (Å²) in [4.78, 5) is 4.65. The van der Waals surface area contributed by atoms with Crippen LogP contribution in [-0.2, 0) is 13.1 Å². The summed E-state index contributed by atoms with van der Waals surface area (Å²) in [6.07, 6.45) is 1.67. The van der Waals surface area contributed by atoms with Gasteiger partial charge in [0, 0.05) is 6.54 Å². The largest absolute Gasteiger partial charge is 0.311 e. The highest BCUT2D eigenvalue weighted by atomic mass is 35.5. The molecule has 0 aliphatic carbocycles. The van der Waals surface area contributed by atoms with Gasteiger partial charge < -0.3 is 5.32 Å². The molecular formula is C15H21ClN4. The second-order valence-electron chi connectivity index (χ2n) is 5.38. The molecule has 2 aromatic rings. The van der Waals surface area contributed by atoms with E-state index in [4.69, 9.17) is 11.6 Å². The molecule has 0 atom stereocenters. The van der Waals surface area contributed by atoms with Crippen LogP contribution < -0.4 is 5.32 Å². The summed E-state index contributed by atoms with van der Waals surface area (Å²) in [6, 6.07) is 6.09. The first-order valence-electron chi connectivity index (χ1n) is 6.89. The van der Waals surface area contributed by atoms with E-state index in [1.165, 1.54) is 0 Å². The van der Waals surface area contributed by atoms with Crippen LogP contribution in [0.15, 0.2) is 24.4 Å². The van der Waals surface area contributed by atoms with Crippen LogP contribution in [0.3, 0.4) is 0 Å². The first kappa shape index (κ1) is 15.0. The van der Waals surface area contributed by atoms with Crippen LogP contribution in [0.5, 0.6) is 0 Å². The zero-order valence-electron chi connectivity index (χ0n) is 12.2. The Bertz CT molecular complexity index is 563. The smallest absolute Gasteiger partial charge is 0.0835 e. The molecule has 0 radical (unpaired) electrons. The molecule has 1 N–H and O–H groups in total. The highest BCUT2D eigenvalue weighted by molar-refractivity contribution is 6.31. The van der Waals surface area contributed by atoms with Crippen molar-refractivity contribution in [2.24, 2.45) is 5.92 Å². The molecule has 0 aliphatic rings. The van der Waals surface area contributed by atoms with Crippen LogP contribution in [0.25, 0.3) is 0 Å². The van der Waals surface area contributed by atoms with Gasteiger partial charge in [0.15, 0.2) is 0 Å². The summed E-state index contributed by atoms with van der Waals surface area (Å²) >= 11 is 6.01. The summed E-state index contributed by atoms with van der Waals surface area (Å²) in [5, 5.41) is 8.35. The molecule has 108 valence electrons. The van der Waals surface area contributed by atoms with Gasteiger partial charge >= 0.3 is 0 Å². The van der Waals surface area contributed by atoms with Gasteiger partial charge in [-0.05, 0) is 31.5 Å². The summed E-state index contributed by atoms with van der Waals surface area (Å²) in [5.74, 6) is 0.645. The zero-order valence-corrected chi connectivity index (χ0v) is 13.0. The lowest BCUT2D eigenvalue weighted by molar-refractivity contribution is 0.546. The Hall–Kier alpha value is -1.39. The Morgan fingerprint density at radius 1 is 1.30 bits per heavy atom. The van der Waals surface area contributed by atoms with Crippen LogP contribution in [0.2, 0.25) is 5.02 Å². The minimum absolute atomic E-state index is 0.645. The summed E-state index contributed by atoms with van der Waals surface area (Å²) in [7, 11) is 0. The van der Waals surface area contributed by atoms with Crippen molar-refractivity contribution in [3.8, 4) is 0 Å². The molecule has 0 unspecified atom stereocenters. The fraction of sp³-hybridized carbons (Fsp3) is 0.467. The monoisotopic (exact) mass is 292 g/mol. The SMILES string of the molecule is Cc1c(Cl)cnn1Cc1cccc(CNCC(C)C)n1.